The lowest BCUT2D eigenvalue weighted by molar-refractivity contribution is -0.282. The number of rotatable bonds is 6. The Morgan fingerprint density at radius 2 is 2.15 bits per heavy atom. The van der Waals surface area contributed by atoms with Crippen molar-refractivity contribution in [3.05, 3.63) is 23.3 Å². The monoisotopic (exact) mass is 468 g/mol. The van der Waals surface area contributed by atoms with E-state index >= 15 is 0 Å². The number of aromatic hydroxyl groups is 1. The van der Waals surface area contributed by atoms with Gasteiger partial charge in [0, 0.05) is 42.0 Å². The summed E-state index contributed by atoms with van der Waals surface area (Å²) in [5, 5.41) is 10.9. The Morgan fingerprint density at radius 1 is 1.32 bits per heavy atom. The van der Waals surface area contributed by atoms with Crippen molar-refractivity contribution in [3.63, 3.8) is 0 Å². The SMILES string of the molecule is COC12CCC3(C[C@@H]1COC(=O)[C@H](C)N)[C@H]1Cc4ccc(O)c5c4C3(CCN1CC1CC1)[C@H]2O5. The summed E-state index contributed by atoms with van der Waals surface area (Å²) in [7, 11) is 1.78. The van der Waals surface area contributed by atoms with Crippen molar-refractivity contribution in [2.75, 3.05) is 26.8 Å². The Morgan fingerprint density at radius 3 is 2.88 bits per heavy atom. The molecule has 0 aromatic heterocycles. The van der Waals surface area contributed by atoms with Crippen LogP contribution in [0.5, 0.6) is 11.5 Å². The molecule has 2 heterocycles. The number of esters is 1. The number of piperidine rings is 1. The summed E-state index contributed by atoms with van der Waals surface area (Å²) in [6.45, 7) is 4.23. The first-order valence-corrected chi connectivity index (χ1v) is 13.1. The molecule has 0 radical (unpaired) electrons. The predicted molar refractivity (Wildman–Crippen MR) is 125 cm³/mol. The number of hydrogen-bond donors (Lipinski definition) is 2. The fourth-order valence-corrected chi connectivity index (χ4v) is 9.06. The van der Waals surface area contributed by atoms with Gasteiger partial charge in [-0.2, -0.15) is 0 Å². The number of carbonyl (C=O) groups is 1. The average Bonchev–Trinajstić information content (AvgIpc) is 3.57. The van der Waals surface area contributed by atoms with Gasteiger partial charge in [-0.15, -0.1) is 0 Å². The van der Waals surface area contributed by atoms with E-state index in [-0.39, 0.29) is 34.6 Å². The minimum atomic E-state index is -0.640. The fraction of sp³-hybridized carbons (Fsp3) is 0.741. The van der Waals surface area contributed by atoms with Gasteiger partial charge < -0.3 is 25.1 Å². The molecule has 4 saturated carbocycles. The number of likely N-dealkylation sites (tertiary alicyclic amines) is 1. The van der Waals surface area contributed by atoms with Crippen molar-refractivity contribution >= 4 is 5.97 Å². The van der Waals surface area contributed by atoms with Gasteiger partial charge in [0.25, 0.3) is 0 Å². The third kappa shape index (κ3) is 2.41. The van der Waals surface area contributed by atoms with Gasteiger partial charge >= 0.3 is 5.97 Å². The lowest BCUT2D eigenvalue weighted by atomic mass is 9.35. The van der Waals surface area contributed by atoms with Crippen LogP contribution in [0.3, 0.4) is 0 Å². The van der Waals surface area contributed by atoms with Gasteiger partial charge in [0.05, 0.1) is 6.61 Å². The fourth-order valence-electron chi connectivity index (χ4n) is 9.06. The first-order chi connectivity index (χ1) is 16.4. The summed E-state index contributed by atoms with van der Waals surface area (Å²) in [4.78, 5) is 15.1. The van der Waals surface area contributed by atoms with Crippen molar-refractivity contribution in [2.45, 2.75) is 81.1 Å². The van der Waals surface area contributed by atoms with Crippen LogP contribution in [0, 0.1) is 17.3 Å². The van der Waals surface area contributed by atoms with E-state index in [0.29, 0.717) is 18.4 Å². The number of methoxy groups -OCH3 is 1. The lowest BCUT2D eigenvalue weighted by Crippen LogP contribution is -2.81. The summed E-state index contributed by atoms with van der Waals surface area (Å²) in [5.41, 5.74) is 7.71. The van der Waals surface area contributed by atoms with E-state index in [2.05, 4.69) is 11.0 Å². The van der Waals surface area contributed by atoms with E-state index in [1.807, 2.05) is 6.07 Å². The molecule has 1 aromatic rings. The second-order valence-electron chi connectivity index (χ2n) is 12.0. The van der Waals surface area contributed by atoms with Crippen LogP contribution in [0.15, 0.2) is 12.1 Å². The van der Waals surface area contributed by atoms with E-state index < -0.39 is 11.6 Å². The van der Waals surface area contributed by atoms with Gasteiger partial charge in [0.2, 0.25) is 0 Å². The lowest BCUT2D eigenvalue weighted by Gasteiger charge is -2.73. The second-order valence-corrected chi connectivity index (χ2v) is 12.0. The molecule has 7 atom stereocenters. The number of nitrogens with two attached hydrogens (primary N) is 1. The standard InChI is InChI=1S/C27H36N2O5/c1-15(28)23(31)33-14-18-12-25-7-8-27(18,32-2)24-26(25)9-10-29(13-16-3-4-16)20(25)11-17-5-6-19(30)22(34-24)21(17)26/h5-6,15-16,18,20,24,30H,3-4,7-14,28H2,1-2H3/t15-,18+,20+,24+,25?,26?,27?/m0/s1. The molecule has 8 rings (SSSR count). The molecule has 7 heteroatoms. The van der Waals surface area contributed by atoms with E-state index in [1.54, 1.807) is 14.0 Å². The largest absolute Gasteiger partial charge is 0.504 e. The Bertz CT molecular complexity index is 1060. The van der Waals surface area contributed by atoms with Crippen LogP contribution in [0.4, 0.5) is 0 Å². The molecule has 5 fully saturated rings. The van der Waals surface area contributed by atoms with Gasteiger partial charge in [-0.25, -0.2) is 0 Å². The maximum absolute atomic E-state index is 12.3. The predicted octanol–water partition coefficient (Wildman–Crippen LogP) is 2.51. The van der Waals surface area contributed by atoms with Gasteiger partial charge in [-0.05, 0) is 76.0 Å². The number of hydrogen-bond acceptors (Lipinski definition) is 7. The third-order valence-electron chi connectivity index (χ3n) is 10.6. The molecule has 1 saturated heterocycles. The summed E-state index contributed by atoms with van der Waals surface area (Å²) < 4.78 is 18.9. The summed E-state index contributed by atoms with van der Waals surface area (Å²) in [6.07, 6.45) is 7.47. The topological polar surface area (TPSA) is 94.2 Å². The van der Waals surface area contributed by atoms with Gasteiger partial charge in [-0.1, -0.05) is 6.07 Å². The minimum Gasteiger partial charge on any atom is -0.504 e. The summed E-state index contributed by atoms with van der Waals surface area (Å²) >= 11 is 0. The van der Waals surface area contributed by atoms with Gasteiger partial charge in [0.15, 0.2) is 11.5 Å². The zero-order valence-electron chi connectivity index (χ0n) is 20.2. The average molecular weight is 469 g/mol. The maximum atomic E-state index is 12.3. The molecule has 1 aromatic carbocycles. The molecule has 7 nitrogen and oxygen atoms in total. The van der Waals surface area contributed by atoms with Crippen LogP contribution in [-0.2, 0) is 26.1 Å². The molecule has 2 spiro atoms. The molecule has 34 heavy (non-hydrogen) atoms. The normalized spacial score (nSPS) is 42.1. The van der Waals surface area contributed by atoms with Crippen molar-refractivity contribution in [1.29, 1.82) is 0 Å². The summed E-state index contributed by atoms with van der Waals surface area (Å²) in [5.74, 6) is 1.42. The molecule has 7 aliphatic rings. The highest BCUT2D eigenvalue weighted by molar-refractivity contribution is 5.75. The Hall–Kier alpha value is -1.83. The number of carbonyl (C=O) groups excluding carboxylic acids is 1. The van der Waals surface area contributed by atoms with Crippen molar-refractivity contribution in [3.8, 4) is 11.5 Å². The number of phenolic OH excluding ortho intramolecular Hbond substituents is 1. The van der Waals surface area contributed by atoms with Crippen LogP contribution in [0.2, 0.25) is 0 Å². The number of nitrogens with zero attached hydrogens (tertiary/aromatic N) is 1. The zero-order valence-corrected chi connectivity index (χ0v) is 20.2. The molecule has 3 N–H and O–H groups in total. The first kappa shape index (κ1) is 21.5. The number of phenols is 1. The molecular weight excluding hydrogens is 432 g/mol. The Labute approximate surface area is 200 Å². The van der Waals surface area contributed by atoms with Crippen molar-refractivity contribution in [2.24, 2.45) is 23.0 Å². The quantitative estimate of drug-likeness (QED) is 0.620. The number of ether oxygens (including phenoxy) is 3. The number of benzene rings is 1. The van der Waals surface area contributed by atoms with E-state index in [1.165, 1.54) is 30.5 Å². The molecule has 4 bridgehead atoms. The molecule has 184 valence electrons. The molecule has 3 unspecified atom stereocenters. The second kappa shape index (κ2) is 6.89. The van der Waals surface area contributed by atoms with Crippen LogP contribution in [-0.4, -0.2) is 66.6 Å². The van der Waals surface area contributed by atoms with E-state index in [9.17, 15) is 9.90 Å². The highest BCUT2D eigenvalue weighted by Gasteiger charge is 2.80. The van der Waals surface area contributed by atoms with Gasteiger partial charge in [-0.3, -0.25) is 9.69 Å². The molecule has 5 aliphatic carbocycles. The first-order valence-electron chi connectivity index (χ1n) is 13.1. The van der Waals surface area contributed by atoms with Crippen LogP contribution >= 0.6 is 0 Å². The molecular formula is C27H36N2O5. The van der Waals surface area contributed by atoms with Crippen molar-refractivity contribution in [1.82, 2.24) is 4.90 Å². The molecule has 0 amide bonds. The van der Waals surface area contributed by atoms with E-state index in [0.717, 1.165) is 44.6 Å². The maximum Gasteiger partial charge on any atom is 0.322 e. The van der Waals surface area contributed by atoms with Gasteiger partial charge in [0.1, 0.15) is 17.7 Å². The number of fused-ring (bicyclic) bond motifs is 2. The minimum absolute atomic E-state index is 0.0303. The Kier molecular flexibility index (Phi) is 4.35. The Balaban J connectivity index is 1.37. The third-order valence-corrected chi connectivity index (χ3v) is 10.6. The highest BCUT2D eigenvalue weighted by atomic mass is 16.6. The zero-order chi connectivity index (χ0) is 23.5. The van der Waals surface area contributed by atoms with Crippen LogP contribution in [0.1, 0.15) is 56.6 Å². The van der Waals surface area contributed by atoms with E-state index in [4.69, 9.17) is 19.9 Å². The van der Waals surface area contributed by atoms with Crippen molar-refractivity contribution < 1.29 is 24.1 Å². The molecule has 2 aliphatic heterocycles. The smallest absolute Gasteiger partial charge is 0.322 e. The van der Waals surface area contributed by atoms with Crippen LogP contribution < -0.4 is 10.5 Å². The summed E-state index contributed by atoms with van der Waals surface area (Å²) in [6, 6.07) is 3.74. The van der Waals surface area contributed by atoms with Crippen LogP contribution in [0.25, 0.3) is 0 Å². The highest BCUT2D eigenvalue weighted by Crippen LogP contribution is 2.76.